The molecule has 1 atom stereocenters. The molecule has 1 saturated carbocycles. The van der Waals surface area contributed by atoms with Crippen molar-refractivity contribution in [2.45, 2.75) is 103 Å². The molecular weight excluding hydrogens is 336 g/mol. The smallest absolute Gasteiger partial charge is 0.327 e. The van der Waals surface area contributed by atoms with Gasteiger partial charge in [0.05, 0.1) is 5.60 Å². The third-order valence-electron chi connectivity index (χ3n) is 5.06. The minimum absolute atomic E-state index is 0.301. The Hall–Kier alpha value is -1.14. The monoisotopic (exact) mass is 370 g/mol. The first kappa shape index (κ1) is 21.2. The number of esters is 2. The van der Waals surface area contributed by atoms with Gasteiger partial charge in [-0.2, -0.15) is 0 Å². The molecule has 2 aliphatic rings. The third-order valence-corrected chi connectivity index (χ3v) is 5.06. The first-order valence-electron chi connectivity index (χ1n) is 9.53. The molecule has 1 saturated heterocycles. The predicted molar refractivity (Wildman–Crippen MR) is 96.4 cm³/mol. The van der Waals surface area contributed by atoms with E-state index in [4.69, 9.17) is 18.9 Å². The van der Waals surface area contributed by atoms with Crippen LogP contribution >= 0.6 is 0 Å². The Balaban J connectivity index is 2.51. The Labute approximate surface area is 156 Å². The lowest BCUT2D eigenvalue weighted by Gasteiger charge is -2.50. The Morgan fingerprint density at radius 2 is 1.35 bits per heavy atom. The fourth-order valence-corrected chi connectivity index (χ4v) is 4.02. The molecule has 6 heteroatoms. The summed E-state index contributed by atoms with van der Waals surface area (Å²) >= 11 is 0. The highest BCUT2D eigenvalue weighted by Crippen LogP contribution is 2.55. The van der Waals surface area contributed by atoms with Crippen molar-refractivity contribution in [1.82, 2.24) is 0 Å². The van der Waals surface area contributed by atoms with Crippen molar-refractivity contribution >= 4 is 11.9 Å². The lowest BCUT2D eigenvalue weighted by Crippen LogP contribution is -2.64. The highest BCUT2D eigenvalue weighted by atomic mass is 16.7. The molecule has 0 aromatic carbocycles. The number of rotatable bonds is 3. The fourth-order valence-electron chi connectivity index (χ4n) is 4.02. The number of ether oxygens (including phenoxy) is 4. The third kappa shape index (κ3) is 4.06. The molecule has 6 nitrogen and oxygen atoms in total. The normalized spacial score (nSPS) is 25.1. The van der Waals surface area contributed by atoms with Gasteiger partial charge in [0.1, 0.15) is 11.2 Å². The summed E-state index contributed by atoms with van der Waals surface area (Å²) in [5, 5.41) is 0. The fraction of sp³-hybridized carbons (Fsp3) is 0.900. The van der Waals surface area contributed by atoms with Crippen molar-refractivity contribution in [3.05, 3.63) is 0 Å². The van der Waals surface area contributed by atoms with E-state index in [9.17, 15) is 9.59 Å². The van der Waals surface area contributed by atoms with Crippen molar-refractivity contribution in [1.29, 1.82) is 0 Å². The summed E-state index contributed by atoms with van der Waals surface area (Å²) in [6.45, 7) is 10.8. The molecule has 0 unspecified atom stereocenters. The molecule has 2 rings (SSSR count). The summed E-state index contributed by atoms with van der Waals surface area (Å²) in [7, 11) is 1.58. The van der Waals surface area contributed by atoms with Gasteiger partial charge in [0.25, 0.3) is 0 Å². The zero-order valence-electron chi connectivity index (χ0n) is 17.3. The second kappa shape index (κ2) is 7.12. The summed E-state index contributed by atoms with van der Waals surface area (Å²) in [4.78, 5) is 26.8. The molecule has 1 aliphatic carbocycles. The van der Waals surface area contributed by atoms with E-state index in [-0.39, 0.29) is 0 Å². The van der Waals surface area contributed by atoms with Crippen LogP contribution in [0.2, 0.25) is 0 Å². The summed E-state index contributed by atoms with van der Waals surface area (Å²) in [5.41, 5.74) is -3.80. The maximum absolute atomic E-state index is 13.4. The highest BCUT2D eigenvalue weighted by Gasteiger charge is 2.68. The van der Waals surface area contributed by atoms with Crippen LogP contribution in [-0.2, 0) is 28.5 Å². The van der Waals surface area contributed by atoms with Crippen molar-refractivity contribution in [2.75, 3.05) is 7.11 Å². The first-order valence-corrected chi connectivity index (χ1v) is 9.53. The molecular formula is C20H34O6. The van der Waals surface area contributed by atoms with Gasteiger partial charge in [-0.25, -0.2) is 0 Å². The summed E-state index contributed by atoms with van der Waals surface area (Å²) in [6, 6.07) is 0. The van der Waals surface area contributed by atoms with Crippen LogP contribution in [0.3, 0.4) is 0 Å². The topological polar surface area (TPSA) is 71.1 Å². The SMILES string of the molecule is CO[C@H]1CCC(C(=O)OC(C)(C)C)(C(=O)OC(C)(C)C)C2(CCCC2)O1. The zero-order valence-corrected chi connectivity index (χ0v) is 17.3. The average Bonchev–Trinajstić information content (AvgIpc) is 2.92. The van der Waals surface area contributed by atoms with Crippen molar-refractivity contribution in [3.8, 4) is 0 Å². The highest BCUT2D eigenvalue weighted by molar-refractivity contribution is 6.02. The van der Waals surface area contributed by atoms with Crippen molar-refractivity contribution in [3.63, 3.8) is 0 Å². The molecule has 0 aromatic rings. The van der Waals surface area contributed by atoms with Gasteiger partial charge in [0.15, 0.2) is 11.7 Å². The molecule has 0 aromatic heterocycles. The average molecular weight is 370 g/mol. The predicted octanol–water partition coefficient (Wildman–Crippen LogP) is 3.75. The number of methoxy groups -OCH3 is 1. The lowest BCUT2D eigenvalue weighted by atomic mass is 9.65. The minimum Gasteiger partial charge on any atom is -0.459 e. The van der Waals surface area contributed by atoms with E-state index in [1.54, 1.807) is 48.7 Å². The molecule has 0 radical (unpaired) electrons. The number of carbonyl (C=O) groups excluding carboxylic acids is 2. The van der Waals surface area contributed by atoms with Gasteiger partial charge in [-0.1, -0.05) is 12.8 Å². The number of hydrogen-bond donors (Lipinski definition) is 0. The summed E-state index contributed by atoms with van der Waals surface area (Å²) in [6.07, 6.45) is 3.34. The molecule has 1 spiro atoms. The molecule has 0 N–H and O–H groups in total. The molecule has 26 heavy (non-hydrogen) atoms. The summed E-state index contributed by atoms with van der Waals surface area (Å²) in [5.74, 6) is -1.09. The van der Waals surface area contributed by atoms with Gasteiger partial charge in [-0.05, 0) is 60.8 Å². The van der Waals surface area contributed by atoms with E-state index < -0.39 is 40.4 Å². The van der Waals surface area contributed by atoms with Gasteiger partial charge in [-0.15, -0.1) is 0 Å². The van der Waals surface area contributed by atoms with E-state index in [1.165, 1.54) is 0 Å². The second-order valence-electron chi connectivity index (χ2n) is 9.43. The largest absolute Gasteiger partial charge is 0.459 e. The van der Waals surface area contributed by atoms with Gasteiger partial charge in [0, 0.05) is 13.5 Å². The molecule has 1 aliphatic heterocycles. The van der Waals surface area contributed by atoms with Crippen LogP contribution in [0.1, 0.15) is 80.1 Å². The Bertz CT molecular complexity index is 505. The van der Waals surface area contributed by atoms with Crippen LogP contribution < -0.4 is 0 Å². The molecule has 150 valence electrons. The van der Waals surface area contributed by atoms with Gasteiger partial charge in [0.2, 0.25) is 0 Å². The van der Waals surface area contributed by atoms with Crippen LogP contribution in [0.25, 0.3) is 0 Å². The first-order chi connectivity index (χ1) is 11.9. The number of hydrogen-bond acceptors (Lipinski definition) is 6. The van der Waals surface area contributed by atoms with E-state index in [1.807, 2.05) is 0 Å². The van der Waals surface area contributed by atoms with Crippen molar-refractivity contribution < 1.29 is 28.5 Å². The quantitative estimate of drug-likeness (QED) is 0.556. The van der Waals surface area contributed by atoms with E-state index in [0.717, 1.165) is 12.8 Å². The van der Waals surface area contributed by atoms with Crippen LogP contribution in [0.15, 0.2) is 0 Å². The van der Waals surface area contributed by atoms with E-state index in [2.05, 4.69) is 0 Å². The van der Waals surface area contributed by atoms with Gasteiger partial charge < -0.3 is 18.9 Å². The molecule has 0 amide bonds. The zero-order chi connectivity index (χ0) is 19.8. The summed E-state index contributed by atoms with van der Waals surface area (Å²) < 4.78 is 23.1. The van der Waals surface area contributed by atoms with Crippen LogP contribution in [0, 0.1) is 5.41 Å². The van der Waals surface area contributed by atoms with E-state index >= 15 is 0 Å². The van der Waals surface area contributed by atoms with Gasteiger partial charge >= 0.3 is 11.9 Å². The minimum atomic E-state index is -1.46. The van der Waals surface area contributed by atoms with Crippen LogP contribution in [0.4, 0.5) is 0 Å². The lowest BCUT2D eigenvalue weighted by molar-refractivity contribution is -0.278. The van der Waals surface area contributed by atoms with Crippen molar-refractivity contribution in [2.24, 2.45) is 5.41 Å². The van der Waals surface area contributed by atoms with Gasteiger partial charge in [-0.3, -0.25) is 9.59 Å². The standard InChI is InChI=1S/C20H34O6/c1-17(2,3)25-15(21)20(16(22)26-18(4,5)6)13-10-14(23-7)24-19(20)11-8-9-12-19/h14H,8-13H2,1-7H3/t14-/m1/s1. The maximum atomic E-state index is 13.4. The molecule has 0 bridgehead atoms. The molecule has 1 heterocycles. The second-order valence-corrected chi connectivity index (χ2v) is 9.43. The van der Waals surface area contributed by atoms with Crippen LogP contribution in [-0.4, -0.2) is 42.1 Å². The number of carbonyl (C=O) groups is 2. The Kier molecular flexibility index (Phi) is 5.79. The Morgan fingerprint density at radius 1 is 0.885 bits per heavy atom. The molecule has 2 fully saturated rings. The van der Waals surface area contributed by atoms with E-state index in [0.29, 0.717) is 25.7 Å². The van der Waals surface area contributed by atoms with Crippen LogP contribution in [0.5, 0.6) is 0 Å². The Morgan fingerprint density at radius 3 is 1.73 bits per heavy atom. The maximum Gasteiger partial charge on any atom is 0.327 e.